The van der Waals surface area contributed by atoms with Gasteiger partial charge in [0, 0.05) is 18.1 Å². The van der Waals surface area contributed by atoms with Crippen LogP contribution in [0, 0.1) is 5.41 Å². The molecule has 0 radical (unpaired) electrons. The van der Waals surface area contributed by atoms with Gasteiger partial charge in [-0.25, -0.2) is 4.98 Å². The summed E-state index contributed by atoms with van der Waals surface area (Å²) in [6.07, 6.45) is 8.81. The third-order valence-electron chi connectivity index (χ3n) is 5.66. The van der Waals surface area contributed by atoms with E-state index in [9.17, 15) is 0 Å². The summed E-state index contributed by atoms with van der Waals surface area (Å²) in [4.78, 5) is 10.6. The number of aromatic nitrogens is 2. The molecular formula is C18H28Cl2N4. The molecule has 0 amide bonds. The van der Waals surface area contributed by atoms with Crippen LogP contribution in [0.25, 0.3) is 11.0 Å². The molecule has 2 N–H and O–H groups in total. The number of hydrogen-bond donors (Lipinski definition) is 2. The number of hydrogen-bond acceptors (Lipinski definition) is 3. The number of likely N-dealkylation sites (tertiary alicyclic amines) is 1. The Morgan fingerprint density at radius 2 is 1.83 bits per heavy atom. The van der Waals surface area contributed by atoms with Crippen molar-refractivity contribution < 1.29 is 0 Å². The van der Waals surface area contributed by atoms with Crippen molar-refractivity contribution in [2.75, 3.05) is 26.2 Å². The lowest BCUT2D eigenvalue weighted by atomic mass is 9.73. The lowest BCUT2D eigenvalue weighted by Gasteiger charge is -2.37. The van der Waals surface area contributed by atoms with E-state index in [1.54, 1.807) is 0 Å². The topological polar surface area (TPSA) is 44.0 Å². The first-order valence-corrected chi connectivity index (χ1v) is 8.69. The molecule has 2 fully saturated rings. The number of halogens is 2. The van der Waals surface area contributed by atoms with Crippen molar-refractivity contribution >= 4 is 35.8 Å². The van der Waals surface area contributed by atoms with Gasteiger partial charge in [0.2, 0.25) is 0 Å². The Morgan fingerprint density at radius 3 is 2.67 bits per heavy atom. The van der Waals surface area contributed by atoms with Crippen LogP contribution in [-0.2, 0) is 6.54 Å². The lowest BCUT2D eigenvalue weighted by Crippen LogP contribution is -2.37. The maximum atomic E-state index is 4.76. The fraction of sp³-hybridized carbons (Fsp3) is 0.611. The molecule has 2 aromatic heterocycles. The molecule has 2 aliphatic heterocycles. The molecule has 2 saturated heterocycles. The molecule has 0 unspecified atom stereocenters. The van der Waals surface area contributed by atoms with Crippen molar-refractivity contribution in [2.24, 2.45) is 5.41 Å². The van der Waals surface area contributed by atoms with E-state index < -0.39 is 0 Å². The summed E-state index contributed by atoms with van der Waals surface area (Å²) < 4.78 is 0. The van der Waals surface area contributed by atoms with Crippen LogP contribution >= 0.6 is 24.8 Å². The molecule has 2 aromatic rings. The van der Waals surface area contributed by atoms with Gasteiger partial charge in [-0.2, -0.15) is 0 Å². The predicted molar refractivity (Wildman–Crippen MR) is 104 cm³/mol. The van der Waals surface area contributed by atoms with Gasteiger partial charge in [0.1, 0.15) is 5.65 Å². The molecule has 0 aromatic carbocycles. The van der Waals surface area contributed by atoms with Gasteiger partial charge in [-0.1, -0.05) is 0 Å². The van der Waals surface area contributed by atoms with Crippen LogP contribution in [-0.4, -0.2) is 41.0 Å². The van der Waals surface area contributed by atoms with Gasteiger partial charge >= 0.3 is 0 Å². The van der Waals surface area contributed by atoms with E-state index in [4.69, 9.17) is 4.98 Å². The maximum Gasteiger partial charge on any atom is 0.137 e. The smallest absolute Gasteiger partial charge is 0.137 e. The Labute approximate surface area is 156 Å². The van der Waals surface area contributed by atoms with E-state index in [0.717, 1.165) is 12.2 Å². The zero-order valence-corrected chi connectivity index (χ0v) is 15.7. The van der Waals surface area contributed by atoms with Crippen LogP contribution < -0.4 is 5.32 Å². The van der Waals surface area contributed by atoms with E-state index in [1.807, 2.05) is 6.20 Å². The maximum absolute atomic E-state index is 4.76. The zero-order chi connectivity index (χ0) is 14.8. The fourth-order valence-corrected chi connectivity index (χ4v) is 4.21. The number of aromatic amines is 1. The van der Waals surface area contributed by atoms with Crippen molar-refractivity contribution in [1.82, 2.24) is 20.2 Å². The minimum atomic E-state index is 0. The number of rotatable bonds is 2. The number of nitrogens with one attached hydrogen (secondary N) is 2. The molecule has 0 saturated carbocycles. The van der Waals surface area contributed by atoms with Gasteiger partial charge in [-0.15, -0.1) is 24.8 Å². The summed E-state index contributed by atoms with van der Waals surface area (Å²) in [6, 6.07) is 6.45. The predicted octanol–water partition coefficient (Wildman–Crippen LogP) is 3.76. The summed E-state index contributed by atoms with van der Waals surface area (Å²) >= 11 is 0. The van der Waals surface area contributed by atoms with Crippen molar-refractivity contribution in [3.63, 3.8) is 0 Å². The van der Waals surface area contributed by atoms with Crippen molar-refractivity contribution in [2.45, 2.75) is 38.6 Å². The van der Waals surface area contributed by atoms with Crippen molar-refractivity contribution in [1.29, 1.82) is 0 Å². The highest BCUT2D eigenvalue weighted by Gasteiger charge is 2.33. The van der Waals surface area contributed by atoms with E-state index in [1.165, 1.54) is 69.4 Å². The Hall–Kier alpha value is -0.810. The van der Waals surface area contributed by atoms with E-state index in [-0.39, 0.29) is 24.8 Å². The van der Waals surface area contributed by atoms with Crippen LogP contribution in [0.3, 0.4) is 0 Å². The van der Waals surface area contributed by atoms with Gasteiger partial charge in [-0.05, 0) is 81.9 Å². The second-order valence-corrected chi connectivity index (χ2v) is 7.10. The average molecular weight is 371 g/mol. The first kappa shape index (κ1) is 19.5. The molecule has 1 spiro atoms. The summed E-state index contributed by atoms with van der Waals surface area (Å²) in [7, 11) is 0. The summed E-state index contributed by atoms with van der Waals surface area (Å²) in [5.74, 6) is 0. The molecule has 6 heteroatoms. The minimum Gasteiger partial charge on any atom is -0.346 e. The summed E-state index contributed by atoms with van der Waals surface area (Å²) in [5.41, 5.74) is 2.83. The van der Waals surface area contributed by atoms with E-state index >= 15 is 0 Å². The SMILES string of the molecule is Cl.Cl.c1cc2ccc(CN3CCCC4(CCNCC4)CC3)nc2[nH]1. The molecule has 0 bridgehead atoms. The molecule has 4 heterocycles. The average Bonchev–Trinajstić information content (AvgIpc) is 2.93. The van der Waals surface area contributed by atoms with Crippen LogP contribution in [0.2, 0.25) is 0 Å². The standard InChI is InChI=1S/C18H26N4.2ClH/c1-5-18(6-10-19-11-7-18)8-13-22(12-1)14-16-3-2-15-4-9-20-17(15)21-16;;/h2-4,9,19H,1,5-8,10-14H2,(H,20,21);2*1H. The van der Waals surface area contributed by atoms with Crippen LogP contribution in [0.1, 0.15) is 37.8 Å². The molecule has 0 atom stereocenters. The number of piperidine rings is 1. The molecule has 2 aliphatic rings. The van der Waals surface area contributed by atoms with E-state index in [2.05, 4.69) is 33.4 Å². The quantitative estimate of drug-likeness (QED) is 0.845. The van der Waals surface area contributed by atoms with Crippen LogP contribution in [0.5, 0.6) is 0 Å². The number of H-pyrrole nitrogens is 1. The summed E-state index contributed by atoms with van der Waals surface area (Å²) in [5, 5.41) is 4.72. The third kappa shape index (κ3) is 4.23. The zero-order valence-electron chi connectivity index (χ0n) is 14.1. The second kappa shape index (κ2) is 8.52. The van der Waals surface area contributed by atoms with Gasteiger partial charge in [0.15, 0.2) is 0 Å². The Kier molecular flexibility index (Phi) is 6.93. The third-order valence-corrected chi connectivity index (χ3v) is 5.66. The molecule has 24 heavy (non-hydrogen) atoms. The molecule has 4 nitrogen and oxygen atoms in total. The Bertz CT molecular complexity index is 637. The normalized spacial score (nSPS) is 21.0. The highest BCUT2D eigenvalue weighted by molar-refractivity contribution is 5.85. The first-order valence-electron chi connectivity index (χ1n) is 8.69. The van der Waals surface area contributed by atoms with Crippen molar-refractivity contribution in [3.8, 4) is 0 Å². The highest BCUT2D eigenvalue weighted by Crippen LogP contribution is 2.39. The molecule has 4 rings (SSSR count). The molecular weight excluding hydrogens is 343 g/mol. The monoisotopic (exact) mass is 370 g/mol. The second-order valence-electron chi connectivity index (χ2n) is 7.10. The fourth-order valence-electron chi connectivity index (χ4n) is 4.21. The lowest BCUT2D eigenvalue weighted by molar-refractivity contribution is 0.167. The number of fused-ring (bicyclic) bond motifs is 1. The van der Waals surface area contributed by atoms with E-state index in [0.29, 0.717) is 5.41 Å². The van der Waals surface area contributed by atoms with Gasteiger partial charge in [0.05, 0.1) is 5.69 Å². The molecule has 0 aliphatic carbocycles. The summed E-state index contributed by atoms with van der Waals surface area (Å²) in [6.45, 7) is 5.86. The first-order chi connectivity index (χ1) is 10.8. The largest absolute Gasteiger partial charge is 0.346 e. The minimum absolute atomic E-state index is 0. The van der Waals surface area contributed by atoms with Crippen LogP contribution in [0.15, 0.2) is 24.4 Å². The van der Waals surface area contributed by atoms with Crippen LogP contribution in [0.4, 0.5) is 0 Å². The molecule has 134 valence electrons. The highest BCUT2D eigenvalue weighted by atomic mass is 35.5. The van der Waals surface area contributed by atoms with Gasteiger partial charge in [-0.3, -0.25) is 4.90 Å². The number of nitrogens with zero attached hydrogens (tertiary/aromatic N) is 2. The van der Waals surface area contributed by atoms with Gasteiger partial charge in [0.25, 0.3) is 0 Å². The Morgan fingerprint density at radius 1 is 1.00 bits per heavy atom. The number of pyridine rings is 1. The van der Waals surface area contributed by atoms with Gasteiger partial charge < -0.3 is 10.3 Å². The van der Waals surface area contributed by atoms with Crippen molar-refractivity contribution in [3.05, 3.63) is 30.1 Å². The Balaban J connectivity index is 0.00000104.